The molecule has 1 aliphatic carbocycles. The summed E-state index contributed by atoms with van der Waals surface area (Å²) in [6, 6.07) is 0. The van der Waals surface area contributed by atoms with Crippen LogP contribution in [-0.4, -0.2) is 16.2 Å². The molecular formula is C13H16N4S. The molecule has 18 heavy (non-hydrogen) atoms. The second-order valence-electron chi connectivity index (χ2n) is 4.26. The minimum atomic E-state index is 0.370. The predicted molar refractivity (Wildman–Crippen MR) is 77.8 cm³/mol. The molecule has 0 fully saturated rings. The monoisotopic (exact) mass is 260 g/mol. The summed E-state index contributed by atoms with van der Waals surface area (Å²) < 4.78 is 0.388. The number of aryl methyl sites for hydroxylation is 1. The van der Waals surface area contributed by atoms with E-state index in [-0.39, 0.29) is 0 Å². The highest BCUT2D eigenvalue weighted by molar-refractivity contribution is 7.71. The number of nitrogens with two attached hydrogens (primary N) is 1. The summed E-state index contributed by atoms with van der Waals surface area (Å²) in [5, 5.41) is 0. The van der Waals surface area contributed by atoms with Crippen molar-refractivity contribution >= 4 is 29.9 Å². The Labute approximate surface area is 111 Å². The summed E-state index contributed by atoms with van der Waals surface area (Å²) in [4.78, 5) is 11.4. The SMILES string of the molecule is CCC1=CC=C(C=Nc2c(N)nc(=S)[nH]c2C)C1. The number of allylic oxidation sites excluding steroid dienone is 4. The summed E-state index contributed by atoms with van der Waals surface area (Å²) in [6.07, 6.45) is 8.13. The van der Waals surface area contributed by atoms with E-state index in [1.54, 1.807) is 0 Å². The van der Waals surface area contributed by atoms with Gasteiger partial charge < -0.3 is 10.7 Å². The van der Waals surface area contributed by atoms with E-state index in [1.807, 2.05) is 13.1 Å². The largest absolute Gasteiger partial charge is 0.382 e. The van der Waals surface area contributed by atoms with E-state index in [2.05, 4.69) is 34.0 Å². The summed E-state index contributed by atoms with van der Waals surface area (Å²) in [5.41, 5.74) is 9.93. The van der Waals surface area contributed by atoms with Crippen molar-refractivity contribution in [1.82, 2.24) is 9.97 Å². The Balaban J connectivity index is 2.19. The van der Waals surface area contributed by atoms with Crippen LogP contribution in [0, 0.1) is 11.7 Å². The van der Waals surface area contributed by atoms with Crippen LogP contribution in [0.1, 0.15) is 25.5 Å². The quantitative estimate of drug-likeness (QED) is 0.646. The number of rotatable bonds is 3. The van der Waals surface area contributed by atoms with Gasteiger partial charge in [0.15, 0.2) is 10.6 Å². The van der Waals surface area contributed by atoms with Crippen LogP contribution in [0.5, 0.6) is 0 Å². The van der Waals surface area contributed by atoms with Crippen LogP contribution in [-0.2, 0) is 0 Å². The molecule has 0 amide bonds. The van der Waals surface area contributed by atoms with E-state index in [0.717, 1.165) is 18.5 Å². The first-order valence-corrected chi connectivity index (χ1v) is 6.30. The van der Waals surface area contributed by atoms with Gasteiger partial charge in [0.05, 0.1) is 0 Å². The van der Waals surface area contributed by atoms with Gasteiger partial charge in [-0.3, -0.25) is 4.99 Å². The first kappa shape index (κ1) is 12.7. The summed E-state index contributed by atoms with van der Waals surface area (Å²) in [5.74, 6) is 0.370. The van der Waals surface area contributed by atoms with E-state index >= 15 is 0 Å². The van der Waals surface area contributed by atoms with Crippen LogP contribution in [0.15, 0.2) is 28.3 Å². The fraction of sp³-hybridized carbons (Fsp3) is 0.308. The third-order valence-corrected chi connectivity index (χ3v) is 3.09. The van der Waals surface area contributed by atoms with E-state index in [4.69, 9.17) is 18.0 Å². The molecule has 0 saturated carbocycles. The number of nitrogens with zero attached hydrogens (tertiary/aromatic N) is 2. The van der Waals surface area contributed by atoms with Gasteiger partial charge in [-0.15, -0.1) is 0 Å². The normalized spacial score (nSPS) is 15.0. The lowest BCUT2D eigenvalue weighted by atomic mass is 10.1. The lowest BCUT2D eigenvalue weighted by molar-refractivity contribution is 1.04. The van der Waals surface area contributed by atoms with Crippen molar-refractivity contribution in [3.8, 4) is 0 Å². The van der Waals surface area contributed by atoms with Gasteiger partial charge >= 0.3 is 0 Å². The zero-order chi connectivity index (χ0) is 13.1. The number of hydrogen-bond donors (Lipinski definition) is 2. The minimum absolute atomic E-state index is 0.370. The number of anilines is 1. The Morgan fingerprint density at radius 1 is 1.56 bits per heavy atom. The van der Waals surface area contributed by atoms with Gasteiger partial charge in [0.1, 0.15) is 5.69 Å². The number of aromatic nitrogens is 2. The second kappa shape index (κ2) is 5.27. The Kier molecular flexibility index (Phi) is 3.72. The molecular weight excluding hydrogens is 244 g/mol. The molecule has 1 heterocycles. The van der Waals surface area contributed by atoms with Crippen LogP contribution in [0.25, 0.3) is 0 Å². The molecule has 1 aromatic heterocycles. The van der Waals surface area contributed by atoms with Crippen LogP contribution < -0.4 is 5.73 Å². The van der Waals surface area contributed by atoms with Crippen LogP contribution >= 0.6 is 12.2 Å². The number of aromatic amines is 1. The number of H-pyrrole nitrogens is 1. The van der Waals surface area contributed by atoms with Gasteiger partial charge in [0, 0.05) is 11.9 Å². The van der Waals surface area contributed by atoms with Crippen molar-refractivity contribution in [3.63, 3.8) is 0 Å². The standard InChI is InChI=1S/C13H16N4S/c1-3-9-4-5-10(6-9)7-15-11-8(2)16-13(18)17-12(11)14/h4-5,7H,3,6H2,1-2H3,(H3,14,16,17,18). The third kappa shape index (κ3) is 2.73. The molecule has 0 saturated heterocycles. The average molecular weight is 260 g/mol. The summed E-state index contributed by atoms with van der Waals surface area (Å²) >= 11 is 4.95. The highest BCUT2D eigenvalue weighted by atomic mass is 32.1. The molecule has 1 aromatic rings. The van der Waals surface area contributed by atoms with E-state index < -0.39 is 0 Å². The van der Waals surface area contributed by atoms with Gasteiger partial charge in [0.2, 0.25) is 0 Å². The van der Waals surface area contributed by atoms with Crippen molar-refractivity contribution in [3.05, 3.63) is 33.8 Å². The maximum absolute atomic E-state index is 5.82. The number of nitrogens with one attached hydrogen (secondary N) is 1. The fourth-order valence-electron chi connectivity index (χ4n) is 1.85. The smallest absolute Gasteiger partial charge is 0.199 e. The maximum Gasteiger partial charge on any atom is 0.199 e. The molecule has 4 nitrogen and oxygen atoms in total. The fourth-order valence-corrected chi connectivity index (χ4v) is 2.10. The lowest BCUT2D eigenvalue weighted by Crippen LogP contribution is -1.96. The molecule has 0 radical (unpaired) electrons. The topological polar surface area (TPSA) is 67.1 Å². The van der Waals surface area contributed by atoms with Gasteiger partial charge in [-0.1, -0.05) is 24.6 Å². The molecule has 0 aliphatic heterocycles. The van der Waals surface area contributed by atoms with Crippen LogP contribution in [0.3, 0.4) is 0 Å². The van der Waals surface area contributed by atoms with Crippen molar-refractivity contribution in [2.75, 3.05) is 5.73 Å². The third-order valence-electron chi connectivity index (χ3n) is 2.89. The highest BCUT2D eigenvalue weighted by Crippen LogP contribution is 2.24. The molecule has 0 bridgehead atoms. The van der Waals surface area contributed by atoms with Gasteiger partial charge in [0.25, 0.3) is 0 Å². The molecule has 94 valence electrons. The molecule has 0 atom stereocenters. The Bertz CT molecular complexity index is 582. The molecule has 3 N–H and O–H groups in total. The molecule has 0 spiro atoms. The van der Waals surface area contributed by atoms with Crippen molar-refractivity contribution in [2.24, 2.45) is 4.99 Å². The number of aliphatic imine (C=N–C) groups is 1. The van der Waals surface area contributed by atoms with Crippen LogP contribution in [0.2, 0.25) is 0 Å². The van der Waals surface area contributed by atoms with E-state index in [1.165, 1.54) is 11.1 Å². The maximum atomic E-state index is 5.82. The first-order chi connectivity index (χ1) is 8.60. The van der Waals surface area contributed by atoms with E-state index in [0.29, 0.717) is 16.3 Å². The second-order valence-corrected chi connectivity index (χ2v) is 4.64. The van der Waals surface area contributed by atoms with Gasteiger partial charge in [-0.2, -0.15) is 0 Å². The van der Waals surface area contributed by atoms with Gasteiger partial charge in [-0.25, -0.2) is 4.98 Å². The highest BCUT2D eigenvalue weighted by Gasteiger charge is 2.06. The van der Waals surface area contributed by atoms with Crippen molar-refractivity contribution in [2.45, 2.75) is 26.7 Å². The first-order valence-electron chi connectivity index (χ1n) is 5.89. The lowest BCUT2D eigenvalue weighted by Gasteiger charge is -2.03. The Morgan fingerprint density at radius 3 is 2.94 bits per heavy atom. The molecule has 0 unspecified atom stereocenters. The van der Waals surface area contributed by atoms with Gasteiger partial charge in [-0.05, 0) is 37.6 Å². The predicted octanol–water partition coefficient (Wildman–Crippen LogP) is 3.40. The average Bonchev–Trinajstić information content (AvgIpc) is 2.75. The minimum Gasteiger partial charge on any atom is -0.382 e. The molecule has 2 rings (SSSR count). The Morgan fingerprint density at radius 2 is 2.33 bits per heavy atom. The van der Waals surface area contributed by atoms with Crippen molar-refractivity contribution < 1.29 is 0 Å². The summed E-state index contributed by atoms with van der Waals surface area (Å²) in [6.45, 7) is 4.04. The zero-order valence-corrected chi connectivity index (χ0v) is 11.3. The zero-order valence-electron chi connectivity index (χ0n) is 10.5. The van der Waals surface area contributed by atoms with Crippen molar-refractivity contribution in [1.29, 1.82) is 0 Å². The number of nitrogen functional groups attached to an aromatic ring is 1. The molecule has 1 aliphatic rings. The number of hydrogen-bond acceptors (Lipinski definition) is 4. The molecule has 5 heteroatoms. The molecule has 0 aromatic carbocycles. The van der Waals surface area contributed by atoms with Crippen LogP contribution in [0.4, 0.5) is 11.5 Å². The Hall–Kier alpha value is -1.75. The summed E-state index contributed by atoms with van der Waals surface area (Å²) in [7, 11) is 0. The van der Waals surface area contributed by atoms with E-state index in [9.17, 15) is 0 Å².